The van der Waals surface area contributed by atoms with Crippen LogP contribution in [0, 0.1) is 46.0 Å². The fraction of sp³-hybridized carbons (Fsp3) is 0.333. The number of aromatic carboxylic acids is 1. The first-order chi connectivity index (χ1) is 46.6. The normalized spacial score (nSPS) is 13.2. The average Bonchev–Trinajstić information content (AvgIpc) is 1.64. The van der Waals surface area contributed by atoms with Gasteiger partial charge in [-0.15, -0.1) is 0 Å². The summed E-state index contributed by atoms with van der Waals surface area (Å²) in [5.74, 6) is -4.61. The summed E-state index contributed by atoms with van der Waals surface area (Å²) in [5, 5.41) is 26.3. The zero-order valence-corrected chi connectivity index (χ0v) is 63.1. The van der Waals surface area contributed by atoms with Gasteiger partial charge in [-0.3, -0.25) is 33.8 Å². The Hall–Kier alpha value is -9.56. The molecule has 0 spiro atoms. The third-order valence-electron chi connectivity index (χ3n) is 14.0. The Morgan fingerprint density at radius 2 is 0.971 bits per heavy atom. The fourth-order valence-corrected chi connectivity index (χ4v) is 9.12. The second-order valence-electron chi connectivity index (χ2n) is 24.2. The minimum absolute atomic E-state index is 0. The maximum Gasteiger partial charge on any atom is 0.416 e. The summed E-state index contributed by atoms with van der Waals surface area (Å²) in [6, 6.07) is 17.5. The molecule has 2 aliphatic rings. The summed E-state index contributed by atoms with van der Waals surface area (Å²) < 4.78 is 104. The van der Waals surface area contributed by atoms with Crippen LogP contribution in [0.3, 0.4) is 0 Å². The molecule has 0 saturated carbocycles. The van der Waals surface area contributed by atoms with E-state index in [0.29, 0.717) is 71.1 Å². The number of pyridine rings is 2. The molecule has 2 aromatic carbocycles. The van der Waals surface area contributed by atoms with E-state index >= 15 is 0 Å². The van der Waals surface area contributed by atoms with Crippen LogP contribution >= 0.6 is 0 Å². The predicted molar refractivity (Wildman–Crippen MR) is 356 cm³/mol. The molecule has 0 aliphatic carbocycles. The van der Waals surface area contributed by atoms with Gasteiger partial charge in [0.25, 0.3) is 17.7 Å². The van der Waals surface area contributed by atoms with Crippen molar-refractivity contribution in [1.82, 2.24) is 59.5 Å². The molecule has 0 unspecified atom stereocenters. The topological polar surface area (TPSA) is 341 Å². The summed E-state index contributed by atoms with van der Waals surface area (Å²) in [7, 11) is 4.10. The first-order valence-electron chi connectivity index (χ1n) is 30.1. The number of alkyl halides is 6. The monoisotopic (exact) mass is 1700 g/mol. The van der Waals surface area contributed by atoms with Crippen LogP contribution in [0.4, 0.5) is 58.9 Å². The third kappa shape index (κ3) is 24.8. The van der Waals surface area contributed by atoms with Crippen molar-refractivity contribution in [1.29, 1.82) is 0 Å². The third-order valence-corrected chi connectivity index (χ3v) is 14.0. The van der Waals surface area contributed by atoms with E-state index in [2.05, 4.69) is 62.9 Å². The first-order valence-corrected chi connectivity index (χ1v) is 30.1. The Bertz CT molecular complexity index is 4200. The summed E-state index contributed by atoms with van der Waals surface area (Å²) in [6.07, 6.45) is -3.76. The van der Waals surface area contributed by atoms with Crippen molar-refractivity contribution < 1.29 is 138 Å². The zero-order chi connectivity index (χ0) is 72.1. The number of nitrogens with one attached hydrogen (secondary N) is 3. The van der Waals surface area contributed by atoms with Crippen LogP contribution in [-0.4, -0.2) is 211 Å². The van der Waals surface area contributed by atoms with Gasteiger partial charge in [-0.05, 0) is 128 Å². The van der Waals surface area contributed by atoms with E-state index < -0.39 is 84.0 Å². The van der Waals surface area contributed by atoms with Crippen molar-refractivity contribution in [3.05, 3.63) is 159 Å². The predicted octanol–water partition coefficient (Wildman–Crippen LogP) is 10.1. The maximum atomic E-state index is 13.6. The number of hydrogen-bond acceptors (Lipinski definition) is 21. The fourth-order valence-electron chi connectivity index (χ4n) is 9.12. The van der Waals surface area contributed by atoms with Crippen LogP contribution < -0.4 is 25.8 Å². The molecular weight excluding hydrogens is 1630 g/mol. The van der Waals surface area contributed by atoms with Crippen molar-refractivity contribution in [3.8, 4) is 34.3 Å². The summed E-state index contributed by atoms with van der Waals surface area (Å²) >= 11 is 0. The van der Waals surface area contributed by atoms with Crippen molar-refractivity contribution in [3.63, 3.8) is 0 Å². The number of amides is 5. The van der Waals surface area contributed by atoms with E-state index in [1.807, 2.05) is 7.05 Å². The number of ether oxygens (including phenoxy) is 2. The van der Waals surface area contributed by atoms with E-state index in [1.54, 1.807) is 29.2 Å². The number of hydrogen-bond donors (Lipinski definition) is 4. The number of carbonyl (C=O) groups excluding carboxylic acids is 7. The number of anilines is 4. The summed E-state index contributed by atoms with van der Waals surface area (Å²) in [5.41, 5.74) is -1.28. The Labute approximate surface area is 623 Å². The van der Waals surface area contributed by atoms with E-state index in [1.165, 1.54) is 113 Å². The van der Waals surface area contributed by atoms with Crippen molar-refractivity contribution >= 4 is 71.5 Å². The molecule has 549 valence electrons. The molecular formula is C66H74F6N16O13UV-2. The van der Waals surface area contributed by atoms with Crippen molar-refractivity contribution in [2.45, 2.75) is 65.1 Å². The van der Waals surface area contributed by atoms with Crippen LogP contribution in [0.5, 0.6) is 0 Å². The molecule has 103 heavy (non-hydrogen) atoms. The molecule has 2 saturated heterocycles. The second-order valence-corrected chi connectivity index (χ2v) is 24.2. The van der Waals surface area contributed by atoms with Gasteiger partial charge in [-0.2, -0.15) is 36.5 Å². The van der Waals surface area contributed by atoms with Gasteiger partial charge in [0.15, 0.2) is 22.8 Å². The van der Waals surface area contributed by atoms with Gasteiger partial charge in [-0.1, -0.05) is 0 Å². The van der Waals surface area contributed by atoms with Gasteiger partial charge < -0.3 is 68.9 Å². The number of carboxylic acid groups (broad SMARTS) is 1. The molecule has 8 heterocycles. The standard InChI is InChI=1S/C32H33F3N8O6.C27H23F3N6O7.C5H12N2.2CH3.U.V/c1-31(2,3)49-30(47)42(19-32(33,34)35)25-15-21(9-10-36-25)28-38-24(18-48-28)27(45)37-23-16-43(22-7-5-20(17-44)6-8-22)39-26(23)29(46)41-13-11-40(4)12-14-41;1-26(2,3)43-25(41)35(14-27(28,29)30)20-10-16(8-9-31-20)23-33-19(13-42-23)22(38)32-18-11-36(34-21(18)24(39)40)17-6-4-15(12-37)5-7-17;1-7-4-2-6-3-5-7;;;;/h5-10,15-18H,11-14,19H2,1-4H3,(H,37,45);4-13H,14H2,1-3H3,(H,32,38)(H,39,40);6H,2-5H2,1H3;2*1H3;;/q;;;2*-1;;. The molecule has 2 fully saturated rings. The number of oxazole rings is 2. The van der Waals surface area contributed by atoms with Gasteiger partial charge in [0, 0.05) is 137 Å². The van der Waals surface area contributed by atoms with Crippen molar-refractivity contribution in [2.24, 2.45) is 0 Å². The number of piperazine rings is 2. The molecule has 0 bridgehead atoms. The van der Waals surface area contributed by atoms with Crippen LogP contribution in [0.15, 0.2) is 119 Å². The first kappa shape index (κ1) is 85.8. The molecule has 1 radical (unpaired) electrons. The van der Waals surface area contributed by atoms with Crippen LogP contribution in [0.2, 0.25) is 0 Å². The number of carbonyl (C=O) groups is 8. The summed E-state index contributed by atoms with van der Waals surface area (Å²) in [6.45, 7) is 12.7. The summed E-state index contributed by atoms with van der Waals surface area (Å²) in [4.78, 5) is 122. The number of nitrogens with zero attached hydrogens (tertiary/aromatic N) is 13. The van der Waals surface area contributed by atoms with Crippen LogP contribution in [0.1, 0.15) is 104 Å². The molecule has 6 aromatic heterocycles. The van der Waals surface area contributed by atoms with Crippen LogP contribution in [-0.2, 0) is 28.0 Å². The molecule has 5 amide bonds. The number of aldehydes is 2. The molecule has 4 N–H and O–H groups in total. The largest absolute Gasteiger partial charge is 0.476 e. The van der Waals surface area contributed by atoms with E-state index in [-0.39, 0.29) is 122 Å². The van der Waals surface area contributed by atoms with Gasteiger partial charge in [0.2, 0.25) is 11.8 Å². The number of aromatic nitrogens is 8. The van der Waals surface area contributed by atoms with Gasteiger partial charge in [-0.25, -0.2) is 43.7 Å². The van der Waals surface area contributed by atoms with E-state index in [4.69, 9.17) is 18.3 Å². The number of rotatable bonds is 16. The Morgan fingerprint density at radius 1 is 0.592 bits per heavy atom. The molecule has 0 atom stereocenters. The molecule has 29 nitrogen and oxygen atoms in total. The Kier molecular flexibility index (Phi) is 30.9. The minimum atomic E-state index is -4.77. The Balaban J connectivity index is 0.000000386. The van der Waals surface area contributed by atoms with Gasteiger partial charge >= 0.3 is 30.5 Å². The number of benzene rings is 2. The van der Waals surface area contributed by atoms with E-state index in [9.17, 15) is 69.8 Å². The minimum Gasteiger partial charge on any atom is -0.476 e. The van der Waals surface area contributed by atoms with Crippen molar-refractivity contribution in [2.75, 3.05) is 100.0 Å². The van der Waals surface area contributed by atoms with Gasteiger partial charge in [0.05, 0.1) is 35.1 Å². The molecule has 2 aliphatic heterocycles. The van der Waals surface area contributed by atoms with Crippen LogP contribution in [0.25, 0.3) is 34.3 Å². The van der Waals surface area contributed by atoms with Gasteiger partial charge in [0.1, 0.15) is 61.0 Å². The Morgan fingerprint density at radius 3 is 1.32 bits per heavy atom. The molecule has 10 rings (SSSR count). The smallest absolute Gasteiger partial charge is 0.416 e. The number of carboxylic acids is 1. The molecule has 8 aromatic rings. The van der Waals surface area contributed by atoms with E-state index in [0.717, 1.165) is 50.1 Å². The SMILES string of the molecule is CC(C)(C)OC(=O)N(CC(F)(F)F)c1cc(-c2nc(C(=O)Nc3cn(-c4ccc(C=O)cc4)nc3C(=O)O)co2)ccn1.CN1CCN(C(=O)c2nn(-c3ccc(C=O)cc3)cc2NC(=O)c2coc(-c3ccnc(N(CC(F)(F)F)C(=O)OC(C)(C)C)c3)n2)CC1.CN1CCNCC1.[CH3-].[CH3-].[U].[V]. The average molecular weight is 1700 g/mol. The number of halogens is 6. The maximum absolute atomic E-state index is 13.6. The zero-order valence-electron chi connectivity index (χ0n) is 57.5. The molecule has 37 heteroatoms. The number of likely N-dealkylation sites (N-methyl/N-ethyl adjacent to an activating group) is 2. The second kappa shape index (κ2) is 37.0. The quantitative estimate of drug-likeness (QED) is 0.0397.